The Balaban J connectivity index is 1.78. The molecule has 3 aliphatic rings. The van der Waals surface area contributed by atoms with E-state index in [1.165, 1.54) is 12.2 Å². The van der Waals surface area contributed by atoms with Crippen molar-refractivity contribution in [3.63, 3.8) is 0 Å². The number of hydrogen-bond donors (Lipinski definition) is 1. The zero-order chi connectivity index (χ0) is 13.6. The molecule has 3 unspecified atom stereocenters. The fourth-order valence-electron chi connectivity index (χ4n) is 3.21. The molecule has 4 nitrogen and oxygen atoms in total. The molecular formula is C14H22N2O2S. The van der Waals surface area contributed by atoms with Gasteiger partial charge in [0.2, 0.25) is 11.8 Å². The van der Waals surface area contributed by atoms with Crippen molar-refractivity contribution in [2.75, 3.05) is 18.1 Å². The number of piperazine rings is 1. The zero-order valence-corrected chi connectivity index (χ0v) is 12.5. The number of rotatable bonds is 3. The predicted molar refractivity (Wildman–Crippen MR) is 75.9 cm³/mol. The van der Waals surface area contributed by atoms with Crippen molar-refractivity contribution in [3.8, 4) is 0 Å². The van der Waals surface area contributed by atoms with Gasteiger partial charge in [-0.05, 0) is 56.5 Å². The molecule has 3 rings (SSSR count). The van der Waals surface area contributed by atoms with Gasteiger partial charge in [-0.2, -0.15) is 11.8 Å². The maximum absolute atomic E-state index is 12.8. The molecule has 1 N–H and O–H groups in total. The number of nitrogens with zero attached hydrogens (tertiary/aromatic N) is 1. The topological polar surface area (TPSA) is 49.4 Å². The Labute approximate surface area is 118 Å². The highest BCUT2D eigenvalue weighted by molar-refractivity contribution is 7.99. The molecule has 19 heavy (non-hydrogen) atoms. The van der Waals surface area contributed by atoms with Crippen molar-refractivity contribution in [2.45, 2.75) is 44.7 Å². The van der Waals surface area contributed by atoms with Gasteiger partial charge in [0, 0.05) is 6.54 Å². The van der Waals surface area contributed by atoms with Gasteiger partial charge >= 0.3 is 0 Å². The van der Waals surface area contributed by atoms with Crippen LogP contribution in [0.15, 0.2) is 0 Å². The fraction of sp³-hybridized carbons (Fsp3) is 0.857. The third kappa shape index (κ3) is 2.26. The standard InChI is InChI=1S/C14H22N2O2S/c1-9-12(17)15-14(2,11-3-4-11)13(18)16(9)7-10-5-6-19-8-10/h9-11H,3-8H2,1-2H3,(H,15,17). The van der Waals surface area contributed by atoms with E-state index in [9.17, 15) is 9.59 Å². The monoisotopic (exact) mass is 282 g/mol. The van der Waals surface area contributed by atoms with Crippen molar-refractivity contribution in [1.82, 2.24) is 10.2 Å². The maximum Gasteiger partial charge on any atom is 0.249 e. The summed E-state index contributed by atoms with van der Waals surface area (Å²) in [6.07, 6.45) is 3.29. The SMILES string of the molecule is CC1C(=O)NC(C)(C2CC2)C(=O)N1CC1CCSC1. The molecule has 0 aromatic heterocycles. The highest BCUT2D eigenvalue weighted by Crippen LogP contribution is 2.42. The van der Waals surface area contributed by atoms with Crippen molar-refractivity contribution >= 4 is 23.6 Å². The minimum absolute atomic E-state index is 0.0136. The van der Waals surface area contributed by atoms with Gasteiger partial charge in [0.05, 0.1) is 0 Å². The Morgan fingerprint density at radius 2 is 2.11 bits per heavy atom. The minimum Gasteiger partial charge on any atom is -0.340 e. The number of thioether (sulfide) groups is 1. The van der Waals surface area contributed by atoms with Gasteiger partial charge in [0.25, 0.3) is 0 Å². The molecule has 3 atom stereocenters. The van der Waals surface area contributed by atoms with E-state index in [4.69, 9.17) is 0 Å². The molecule has 106 valence electrons. The Morgan fingerprint density at radius 3 is 2.68 bits per heavy atom. The quantitative estimate of drug-likeness (QED) is 0.847. The van der Waals surface area contributed by atoms with E-state index < -0.39 is 5.54 Å². The lowest BCUT2D eigenvalue weighted by atomic mass is 9.89. The van der Waals surface area contributed by atoms with E-state index in [1.807, 2.05) is 30.5 Å². The first kappa shape index (κ1) is 13.3. The van der Waals surface area contributed by atoms with Crippen LogP contribution in [-0.4, -0.2) is 46.3 Å². The molecule has 5 heteroatoms. The van der Waals surface area contributed by atoms with Crippen LogP contribution >= 0.6 is 11.8 Å². The second-order valence-electron chi connectivity index (χ2n) is 6.33. The van der Waals surface area contributed by atoms with Crippen LogP contribution < -0.4 is 5.32 Å². The minimum atomic E-state index is -0.644. The molecule has 0 aromatic rings. The van der Waals surface area contributed by atoms with Crippen molar-refractivity contribution in [3.05, 3.63) is 0 Å². The second-order valence-corrected chi connectivity index (χ2v) is 7.48. The molecule has 1 saturated carbocycles. The van der Waals surface area contributed by atoms with Crippen LogP contribution in [0.4, 0.5) is 0 Å². The lowest BCUT2D eigenvalue weighted by Gasteiger charge is -2.44. The molecular weight excluding hydrogens is 260 g/mol. The summed E-state index contributed by atoms with van der Waals surface area (Å²) in [6, 6.07) is -0.315. The average molecular weight is 282 g/mol. The van der Waals surface area contributed by atoms with Crippen molar-refractivity contribution in [1.29, 1.82) is 0 Å². The largest absolute Gasteiger partial charge is 0.340 e. The number of nitrogens with one attached hydrogen (secondary N) is 1. The van der Waals surface area contributed by atoms with Gasteiger partial charge in [-0.15, -0.1) is 0 Å². The van der Waals surface area contributed by atoms with E-state index in [2.05, 4.69) is 5.32 Å². The van der Waals surface area contributed by atoms with Gasteiger partial charge in [0.1, 0.15) is 11.6 Å². The molecule has 2 amide bonds. The van der Waals surface area contributed by atoms with E-state index in [0.29, 0.717) is 11.8 Å². The lowest BCUT2D eigenvalue weighted by molar-refractivity contribution is -0.155. The zero-order valence-electron chi connectivity index (χ0n) is 11.6. The molecule has 0 spiro atoms. The van der Waals surface area contributed by atoms with E-state index in [0.717, 1.165) is 25.1 Å². The van der Waals surface area contributed by atoms with Crippen LogP contribution in [0, 0.1) is 11.8 Å². The summed E-state index contributed by atoms with van der Waals surface area (Å²) in [5, 5.41) is 2.97. The van der Waals surface area contributed by atoms with Crippen molar-refractivity contribution < 1.29 is 9.59 Å². The van der Waals surface area contributed by atoms with Crippen LogP contribution in [-0.2, 0) is 9.59 Å². The van der Waals surface area contributed by atoms with Crippen LogP contribution in [0.3, 0.4) is 0 Å². The van der Waals surface area contributed by atoms with E-state index in [1.54, 1.807) is 0 Å². The molecule has 2 heterocycles. The summed E-state index contributed by atoms with van der Waals surface area (Å²) in [6.45, 7) is 4.51. The fourth-order valence-corrected chi connectivity index (χ4v) is 4.49. The van der Waals surface area contributed by atoms with E-state index >= 15 is 0 Å². The highest BCUT2D eigenvalue weighted by atomic mass is 32.2. The number of hydrogen-bond acceptors (Lipinski definition) is 3. The maximum atomic E-state index is 12.8. The van der Waals surface area contributed by atoms with Crippen LogP contribution in [0.2, 0.25) is 0 Å². The molecule has 0 bridgehead atoms. The molecule has 2 saturated heterocycles. The van der Waals surface area contributed by atoms with Crippen LogP contribution in [0.25, 0.3) is 0 Å². The molecule has 3 fully saturated rings. The van der Waals surface area contributed by atoms with Gasteiger partial charge in [0.15, 0.2) is 0 Å². The Kier molecular flexibility index (Phi) is 3.28. The summed E-state index contributed by atoms with van der Waals surface area (Å²) in [5.74, 6) is 3.37. The van der Waals surface area contributed by atoms with Crippen LogP contribution in [0.5, 0.6) is 0 Å². The average Bonchev–Trinajstić information content (AvgIpc) is 3.12. The first-order valence-electron chi connectivity index (χ1n) is 7.23. The third-order valence-corrected chi connectivity index (χ3v) is 6.04. The van der Waals surface area contributed by atoms with Gasteiger partial charge in [-0.25, -0.2) is 0 Å². The summed E-state index contributed by atoms with van der Waals surface area (Å²) in [5.41, 5.74) is -0.644. The van der Waals surface area contributed by atoms with Crippen LogP contribution in [0.1, 0.15) is 33.1 Å². The lowest BCUT2D eigenvalue weighted by Crippen LogP contribution is -2.70. The third-order valence-electron chi connectivity index (χ3n) is 4.81. The second kappa shape index (κ2) is 4.69. The predicted octanol–water partition coefficient (Wildman–Crippen LogP) is 1.26. The number of amides is 2. The summed E-state index contributed by atoms with van der Waals surface area (Å²) < 4.78 is 0. The van der Waals surface area contributed by atoms with Gasteiger partial charge < -0.3 is 10.2 Å². The molecule has 0 aromatic carbocycles. The molecule has 1 aliphatic carbocycles. The first-order chi connectivity index (χ1) is 9.02. The summed E-state index contributed by atoms with van der Waals surface area (Å²) in [7, 11) is 0. The Bertz CT molecular complexity index is 404. The number of carbonyl (C=O) groups is 2. The Hall–Kier alpha value is -0.710. The van der Waals surface area contributed by atoms with Gasteiger partial charge in [-0.1, -0.05) is 0 Å². The smallest absolute Gasteiger partial charge is 0.249 e. The molecule has 2 aliphatic heterocycles. The Morgan fingerprint density at radius 1 is 1.37 bits per heavy atom. The normalized spacial score (nSPS) is 39.6. The highest BCUT2D eigenvalue weighted by Gasteiger charge is 2.54. The van der Waals surface area contributed by atoms with Gasteiger partial charge in [-0.3, -0.25) is 9.59 Å². The van der Waals surface area contributed by atoms with Crippen molar-refractivity contribution in [2.24, 2.45) is 11.8 Å². The first-order valence-corrected chi connectivity index (χ1v) is 8.38. The summed E-state index contributed by atoms with van der Waals surface area (Å²) in [4.78, 5) is 26.8. The summed E-state index contributed by atoms with van der Waals surface area (Å²) >= 11 is 1.95. The van der Waals surface area contributed by atoms with E-state index in [-0.39, 0.29) is 17.9 Å². The number of carbonyl (C=O) groups excluding carboxylic acids is 2. The molecule has 0 radical (unpaired) electrons.